The van der Waals surface area contributed by atoms with Gasteiger partial charge < -0.3 is 5.32 Å². The molecule has 0 radical (unpaired) electrons. The summed E-state index contributed by atoms with van der Waals surface area (Å²) in [7, 11) is 0. The standard InChI is InChI=1S/C17H23N3/c18-11-15-2-1-3-16(10-15)13-20-8-6-17(7-9-20)19-12-14-4-5-14/h1-3,10,14,17,19H,4-9,12-13H2. The van der Waals surface area contributed by atoms with Gasteiger partial charge in [0.15, 0.2) is 0 Å². The fourth-order valence-electron chi connectivity index (χ4n) is 2.95. The zero-order chi connectivity index (χ0) is 13.8. The average molecular weight is 269 g/mol. The first-order valence-corrected chi connectivity index (χ1v) is 7.78. The Morgan fingerprint density at radius 1 is 1.20 bits per heavy atom. The number of hydrogen-bond donors (Lipinski definition) is 1. The van der Waals surface area contributed by atoms with Crippen LogP contribution in [0.3, 0.4) is 0 Å². The van der Waals surface area contributed by atoms with Gasteiger partial charge in [-0.25, -0.2) is 0 Å². The van der Waals surface area contributed by atoms with Crippen molar-refractivity contribution >= 4 is 0 Å². The van der Waals surface area contributed by atoms with Crippen molar-refractivity contribution in [2.45, 2.75) is 38.3 Å². The molecule has 106 valence electrons. The van der Waals surface area contributed by atoms with E-state index in [1.165, 1.54) is 50.9 Å². The van der Waals surface area contributed by atoms with Gasteiger partial charge in [-0.1, -0.05) is 12.1 Å². The summed E-state index contributed by atoms with van der Waals surface area (Å²) in [6, 6.07) is 10.9. The van der Waals surface area contributed by atoms with Gasteiger partial charge in [-0.3, -0.25) is 4.90 Å². The summed E-state index contributed by atoms with van der Waals surface area (Å²) in [5.74, 6) is 0.974. The van der Waals surface area contributed by atoms with Crippen LogP contribution in [0.1, 0.15) is 36.8 Å². The maximum atomic E-state index is 8.94. The lowest BCUT2D eigenvalue weighted by Gasteiger charge is -2.32. The molecule has 0 amide bonds. The van der Waals surface area contributed by atoms with Gasteiger partial charge in [-0.2, -0.15) is 5.26 Å². The monoisotopic (exact) mass is 269 g/mol. The molecule has 2 fully saturated rings. The fraction of sp³-hybridized carbons (Fsp3) is 0.588. The molecule has 1 aromatic carbocycles. The van der Waals surface area contributed by atoms with E-state index >= 15 is 0 Å². The van der Waals surface area contributed by atoms with Crippen LogP contribution in [0.2, 0.25) is 0 Å². The van der Waals surface area contributed by atoms with Crippen LogP contribution in [0.5, 0.6) is 0 Å². The second kappa shape index (κ2) is 6.39. The molecular weight excluding hydrogens is 246 g/mol. The molecule has 1 saturated carbocycles. The molecule has 1 aliphatic carbocycles. The van der Waals surface area contributed by atoms with Crippen LogP contribution in [-0.2, 0) is 6.54 Å². The molecule has 20 heavy (non-hydrogen) atoms. The number of likely N-dealkylation sites (tertiary alicyclic amines) is 1. The first kappa shape index (κ1) is 13.6. The van der Waals surface area contributed by atoms with E-state index in [9.17, 15) is 0 Å². The smallest absolute Gasteiger partial charge is 0.0991 e. The maximum absolute atomic E-state index is 8.94. The topological polar surface area (TPSA) is 39.1 Å². The van der Waals surface area contributed by atoms with Gasteiger partial charge in [0, 0.05) is 12.6 Å². The highest BCUT2D eigenvalue weighted by Crippen LogP contribution is 2.28. The van der Waals surface area contributed by atoms with Gasteiger partial charge in [-0.15, -0.1) is 0 Å². The molecule has 0 bridgehead atoms. The summed E-state index contributed by atoms with van der Waals surface area (Å²) in [6.45, 7) is 4.54. The molecule has 3 nitrogen and oxygen atoms in total. The summed E-state index contributed by atoms with van der Waals surface area (Å²) < 4.78 is 0. The summed E-state index contributed by atoms with van der Waals surface area (Å²) in [5, 5.41) is 12.7. The summed E-state index contributed by atoms with van der Waals surface area (Å²) in [6.07, 6.45) is 5.37. The van der Waals surface area contributed by atoms with E-state index in [0.29, 0.717) is 0 Å². The second-order valence-electron chi connectivity index (χ2n) is 6.21. The Kier molecular flexibility index (Phi) is 4.34. The van der Waals surface area contributed by atoms with Crippen LogP contribution in [0.25, 0.3) is 0 Å². The Bertz CT molecular complexity index is 479. The van der Waals surface area contributed by atoms with Crippen molar-refractivity contribution in [3.63, 3.8) is 0 Å². The summed E-state index contributed by atoms with van der Waals surface area (Å²) in [4.78, 5) is 2.51. The third kappa shape index (κ3) is 3.82. The largest absolute Gasteiger partial charge is 0.314 e. The van der Waals surface area contributed by atoms with Crippen LogP contribution in [0, 0.1) is 17.2 Å². The molecule has 1 saturated heterocycles. The first-order valence-electron chi connectivity index (χ1n) is 7.78. The van der Waals surface area contributed by atoms with Gasteiger partial charge in [0.1, 0.15) is 0 Å². The molecule has 2 aliphatic rings. The predicted octanol–water partition coefficient (Wildman–Crippen LogP) is 2.52. The van der Waals surface area contributed by atoms with Gasteiger partial charge in [-0.05, 0) is 68.9 Å². The average Bonchev–Trinajstić information content (AvgIpc) is 3.31. The first-order chi connectivity index (χ1) is 9.83. The Labute approximate surface area is 121 Å². The number of nitriles is 1. The fourth-order valence-corrected chi connectivity index (χ4v) is 2.95. The Hall–Kier alpha value is -1.37. The van der Waals surface area contributed by atoms with Gasteiger partial charge in [0.05, 0.1) is 11.6 Å². The summed E-state index contributed by atoms with van der Waals surface area (Å²) in [5.41, 5.74) is 2.02. The van der Waals surface area contributed by atoms with E-state index in [4.69, 9.17) is 5.26 Å². The lowest BCUT2D eigenvalue weighted by Crippen LogP contribution is -2.42. The zero-order valence-corrected chi connectivity index (χ0v) is 12.0. The number of nitrogens with zero attached hydrogens (tertiary/aromatic N) is 2. The highest BCUT2D eigenvalue weighted by molar-refractivity contribution is 5.32. The second-order valence-corrected chi connectivity index (χ2v) is 6.21. The molecule has 0 unspecified atom stereocenters. The molecular formula is C17H23N3. The molecule has 1 heterocycles. The van der Waals surface area contributed by atoms with Gasteiger partial charge >= 0.3 is 0 Å². The SMILES string of the molecule is N#Cc1cccc(CN2CCC(NCC3CC3)CC2)c1. The number of nitrogens with one attached hydrogen (secondary N) is 1. The maximum Gasteiger partial charge on any atom is 0.0991 e. The van der Waals surface area contributed by atoms with Crippen molar-refractivity contribution in [3.05, 3.63) is 35.4 Å². The van der Waals surface area contributed by atoms with Crippen molar-refractivity contribution in [3.8, 4) is 6.07 Å². The minimum Gasteiger partial charge on any atom is -0.314 e. The van der Waals surface area contributed by atoms with Crippen LogP contribution in [0.4, 0.5) is 0 Å². The zero-order valence-electron chi connectivity index (χ0n) is 12.0. The highest BCUT2D eigenvalue weighted by Gasteiger charge is 2.24. The molecule has 0 aromatic heterocycles. The van der Waals surface area contributed by atoms with E-state index in [0.717, 1.165) is 24.1 Å². The molecule has 0 atom stereocenters. The minimum atomic E-state index is 0.720. The molecule has 0 spiro atoms. The third-order valence-corrected chi connectivity index (χ3v) is 4.44. The van der Waals surface area contributed by atoms with Crippen molar-refractivity contribution in [2.24, 2.45) is 5.92 Å². The molecule has 1 aromatic rings. The number of benzene rings is 1. The number of hydrogen-bond acceptors (Lipinski definition) is 3. The Morgan fingerprint density at radius 2 is 2.00 bits per heavy atom. The van der Waals surface area contributed by atoms with Crippen LogP contribution < -0.4 is 5.32 Å². The predicted molar refractivity (Wildman–Crippen MR) is 80.2 cm³/mol. The molecule has 3 heteroatoms. The van der Waals surface area contributed by atoms with Crippen molar-refractivity contribution in [1.82, 2.24) is 10.2 Å². The number of rotatable bonds is 5. The minimum absolute atomic E-state index is 0.720. The van der Waals surface area contributed by atoms with Crippen LogP contribution in [0.15, 0.2) is 24.3 Å². The van der Waals surface area contributed by atoms with Crippen LogP contribution >= 0.6 is 0 Å². The lowest BCUT2D eigenvalue weighted by atomic mass is 10.0. The van der Waals surface area contributed by atoms with E-state index < -0.39 is 0 Å². The van der Waals surface area contributed by atoms with Gasteiger partial charge in [0.2, 0.25) is 0 Å². The van der Waals surface area contributed by atoms with E-state index in [-0.39, 0.29) is 0 Å². The van der Waals surface area contributed by atoms with Crippen molar-refractivity contribution in [1.29, 1.82) is 5.26 Å². The van der Waals surface area contributed by atoms with E-state index in [1.807, 2.05) is 18.2 Å². The number of piperidine rings is 1. The highest BCUT2D eigenvalue weighted by atomic mass is 15.1. The third-order valence-electron chi connectivity index (χ3n) is 4.44. The molecule has 1 N–H and O–H groups in total. The quantitative estimate of drug-likeness (QED) is 0.892. The molecule has 3 rings (SSSR count). The van der Waals surface area contributed by atoms with E-state index in [2.05, 4.69) is 22.4 Å². The van der Waals surface area contributed by atoms with Crippen LogP contribution in [-0.4, -0.2) is 30.6 Å². The van der Waals surface area contributed by atoms with Crippen molar-refractivity contribution in [2.75, 3.05) is 19.6 Å². The van der Waals surface area contributed by atoms with E-state index in [1.54, 1.807) is 0 Å². The Morgan fingerprint density at radius 3 is 2.70 bits per heavy atom. The summed E-state index contributed by atoms with van der Waals surface area (Å²) >= 11 is 0. The lowest BCUT2D eigenvalue weighted by molar-refractivity contribution is 0.190. The van der Waals surface area contributed by atoms with Gasteiger partial charge in [0.25, 0.3) is 0 Å². The molecule has 1 aliphatic heterocycles. The van der Waals surface area contributed by atoms with Crippen molar-refractivity contribution < 1.29 is 0 Å². The Balaban J connectivity index is 1.44. The normalized spacial score (nSPS) is 20.8.